The molecule has 102 valence electrons. The van der Waals surface area contributed by atoms with E-state index in [2.05, 4.69) is 5.16 Å². The molecule has 1 amide bonds. The number of nitrogens with zero attached hydrogens (tertiary/aromatic N) is 2. The average molecular weight is 264 g/mol. The highest BCUT2D eigenvalue weighted by Crippen LogP contribution is 2.20. The zero-order valence-electron chi connectivity index (χ0n) is 11.1. The highest BCUT2D eigenvalue weighted by molar-refractivity contribution is 6.04. The quantitative estimate of drug-likeness (QED) is 0.836. The van der Waals surface area contributed by atoms with Gasteiger partial charge in [0.25, 0.3) is 5.91 Å². The first-order valence-corrected chi connectivity index (χ1v) is 6.43. The van der Waals surface area contributed by atoms with Gasteiger partial charge >= 0.3 is 0 Å². The molecule has 0 radical (unpaired) electrons. The predicted octanol–water partition coefficient (Wildman–Crippen LogP) is 2.19. The fourth-order valence-electron chi connectivity index (χ4n) is 2.10. The van der Waals surface area contributed by atoms with Gasteiger partial charge in [-0.15, -0.1) is 0 Å². The van der Waals surface area contributed by atoms with E-state index in [1.165, 1.54) is 6.07 Å². The van der Waals surface area contributed by atoms with Crippen molar-refractivity contribution in [1.29, 1.82) is 0 Å². The van der Waals surface area contributed by atoms with E-state index < -0.39 is 6.10 Å². The number of likely N-dealkylation sites (N-methyl/N-ethyl adjacent to an activating group) is 1. The van der Waals surface area contributed by atoms with E-state index in [0.717, 1.165) is 0 Å². The standard InChI is InChI=1S/C14H17FN2O2/c1-3-17(4-2)14(18)13-9-12(16-19-13)10-7-5-6-8-11(10)15/h5-8,13H,3-4,9H2,1-2H3. The van der Waals surface area contributed by atoms with Crippen LogP contribution >= 0.6 is 0 Å². The number of carbonyl (C=O) groups is 1. The number of halogens is 1. The van der Waals surface area contributed by atoms with E-state index in [0.29, 0.717) is 30.8 Å². The third-order valence-corrected chi connectivity index (χ3v) is 3.20. The number of oxime groups is 1. The average Bonchev–Trinajstić information content (AvgIpc) is 2.90. The number of hydrogen-bond donors (Lipinski definition) is 0. The fourth-order valence-corrected chi connectivity index (χ4v) is 2.10. The van der Waals surface area contributed by atoms with Crippen LogP contribution in [0.2, 0.25) is 0 Å². The van der Waals surface area contributed by atoms with E-state index in [-0.39, 0.29) is 11.7 Å². The molecule has 19 heavy (non-hydrogen) atoms. The molecule has 0 fully saturated rings. The molecule has 1 aliphatic rings. The number of amides is 1. The van der Waals surface area contributed by atoms with Gasteiger partial charge in [-0.05, 0) is 19.9 Å². The maximum Gasteiger partial charge on any atom is 0.266 e. The Balaban J connectivity index is 2.08. The number of rotatable bonds is 4. The third-order valence-electron chi connectivity index (χ3n) is 3.20. The van der Waals surface area contributed by atoms with E-state index in [4.69, 9.17) is 4.84 Å². The Morgan fingerprint density at radius 3 is 2.74 bits per heavy atom. The molecule has 1 aliphatic heterocycles. The van der Waals surface area contributed by atoms with Crippen LogP contribution in [0.5, 0.6) is 0 Å². The Kier molecular flexibility index (Phi) is 4.14. The Hall–Kier alpha value is -1.91. The van der Waals surface area contributed by atoms with Gasteiger partial charge in [-0.2, -0.15) is 0 Å². The Labute approximate surface area is 111 Å². The summed E-state index contributed by atoms with van der Waals surface area (Å²) in [5.41, 5.74) is 0.890. The summed E-state index contributed by atoms with van der Waals surface area (Å²) in [6, 6.07) is 6.37. The normalized spacial score (nSPS) is 17.8. The Morgan fingerprint density at radius 1 is 1.42 bits per heavy atom. The smallest absolute Gasteiger partial charge is 0.266 e. The highest BCUT2D eigenvalue weighted by atomic mass is 19.1. The van der Waals surface area contributed by atoms with E-state index in [1.54, 1.807) is 23.1 Å². The van der Waals surface area contributed by atoms with Crippen LogP contribution in [0, 0.1) is 5.82 Å². The molecule has 1 aromatic rings. The molecule has 0 saturated carbocycles. The number of hydrogen-bond acceptors (Lipinski definition) is 3. The van der Waals surface area contributed by atoms with Crippen LogP contribution in [0.4, 0.5) is 4.39 Å². The summed E-state index contributed by atoms with van der Waals surface area (Å²) in [6.07, 6.45) is -0.314. The van der Waals surface area contributed by atoms with Crippen molar-refractivity contribution >= 4 is 11.6 Å². The van der Waals surface area contributed by atoms with Gasteiger partial charge < -0.3 is 9.74 Å². The van der Waals surface area contributed by atoms with Gasteiger partial charge in [-0.25, -0.2) is 4.39 Å². The van der Waals surface area contributed by atoms with Crippen LogP contribution in [0.15, 0.2) is 29.4 Å². The molecule has 5 heteroatoms. The lowest BCUT2D eigenvalue weighted by Gasteiger charge is -2.20. The summed E-state index contributed by atoms with van der Waals surface area (Å²) < 4.78 is 13.6. The molecular formula is C14H17FN2O2. The van der Waals surface area contributed by atoms with Crippen molar-refractivity contribution in [3.63, 3.8) is 0 Å². The van der Waals surface area contributed by atoms with Gasteiger partial charge in [0.1, 0.15) is 5.82 Å². The van der Waals surface area contributed by atoms with Gasteiger partial charge in [0, 0.05) is 25.1 Å². The first kappa shape index (κ1) is 13.5. The molecule has 0 saturated heterocycles. The molecule has 0 bridgehead atoms. The van der Waals surface area contributed by atoms with Crippen LogP contribution in [0.3, 0.4) is 0 Å². The molecule has 0 spiro atoms. The van der Waals surface area contributed by atoms with Crippen LogP contribution in [-0.2, 0) is 9.63 Å². The Morgan fingerprint density at radius 2 is 2.11 bits per heavy atom. The molecule has 0 N–H and O–H groups in total. The third kappa shape index (κ3) is 2.75. The summed E-state index contributed by atoms with van der Waals surface area (Å²) >= 11 is 0. The van der Waals surface area contributed by atoms with Crippen molar-refractivity contribution in [3.8, 4) is 0 Å². The summed E-state index contributed by atoms with van der Waals surface area (Å²) in [5.74, 6) is -0.444. The first-order chi connectivity index (χ1) is 9.17. The largest absolute Gasteiger partial charge is 0.382 e. The molecule has 1 unspecified atom stereocenters. The van der Waals surface area contributed by atoms with E-state index in [1.807, 2.05) is 13.8 Å². The van der Waals surface area contributed by atoms with Gasteiger partial charge in [0.2, 0.25) is 6.10 Å². The molecule has 1 heterocycles. The summed E-state index contributed by atoms with van der Waals surface area (Å²) in [4.78, 5) is 18.9. The van der Waals surface area contributed by atoms with Crippen molar-refractivity contribution < 1.29 is 14.0 Å². The van der Waals surface area contributed by atoms with E-state index in [9.17, 15) is 9.18 Å². The van der Waals surface area contributed by atoms with Crippen molar-refractivity contribution in [2.24, 2.45) is 5.16 Å². The summed E-state index contributed by atoms with van der Waals surface area (Å²) in [5, 5.41) is 3.85. The molecule has 0 aromatic heterocycles. The van der Waals surface area contributed by atoms with Crippen LogP contribution < -0.4 is 0 Å². The van der Waals surface area contributed by atoms with Gasteiger partial charge in [-0.3, -0.25) is 4.79 Å². The SMILES string of the molecule is CCN(CC)C(=O)C1CC(c2ccccc2F)=NO1. The second-order valence-electron chi connectivity index (χ2n) is 4.33. The minimum atomic E-state index is -0.630. The zero-order valence-corrected chi connectivity index (χ0v) is 11.1. The monoisotopic (exact) mass is 264 g/mol. The molecule has 0 aliphatic carbocycles. The summed E-state index contributed by atoms with van der Waals surface area (Å²) in [7, 11) is 0. The van der Waals surface area contributed by atoms with Crippen LogP contribution in [0.25, 0.3) is 0 Å². The first-order valence-electron chi connectivity index (χ1n) is 6.43. The number of benzene rings is 1. The predicted molar refractivity (Wildman–Crippen MR) is 70.4 cm³/mol. The summed E-state index contributed by atoms with van der Waals surface area (Å²) in [6.45, 7) is 5.08. The minimum Gasteiger partial charge on any atom is -0.382 e. The van der Waals surface area contributed by atoms with Gasteiger partial charge in [0.15, 0.2) is 0 Å². The minimum absolute atomic E-state index is 0.0971. The second-order valence-corrected chi connectivity index (χ2v) is 4.33. The van der Waals surface area contributed by atoms with Crippen molar-refractivity contribution in [2.45, 2.75) is 26.4 Å². The second kappa shape index (κ2) is 5.82. The molecule has 1 atom stereocenters. The molecule has 2 rings (SSSR count). The maximum atomic E-state index is 13.6. The Bertz CT molecular complexity index is 498. The molecule has 1 aromatic carbocycles. The zero-order chi connectivity index (χ0) is 13.8. The van der Waals surface area contributed by atoms with Gasteiger partial charge in [0.05, 0.1) is 5.71 Å². The fraction of sp³-hybridized carbons (Fsp3) is 0.429. The molecular weight excluding hydrogens is 247 g/mol. The van der Waals surface area contributed by atoms with Crippen molar-refractivity contribution in [1.82, 2.24) is 4.90 Å². The van der Waals surface area contributed by atoms with E-state index >= 15 is 0 Å². The lowest BCUT2D eigenvalue weighted by molar-refractivity contribution is -0.141. The van der Waals surface area contributed by atoms with Gasteiger partial charge in [-0.1, -0.05) is 23.4 Å². The van der Waals surface area contributed by atoms with Crippen molar-refractivity contribution in [2.75, 3.05) is 13.1 Å². The van der Waals surface area contributed by atoms with Crippen molar-refractivity contribution in [3.05, 3.63) is 35.6 Å². The molecule has 4 nitrogen and oxygen atoms in total. The topological polar surface area (TPSA) is 41.9 Å². The lowest BCUT2D eigenvalue weighted by atomic mass is 10.0. The van der Waals surface area contributed by atoms with Crippen LogP contribution in [-0.4, -0.2) is 35.7 Å². The number of carbonyl (C=O) groups excluding carboxylic acids is 1. The highest BCUT2D eigenvalue weighted by Gasteiger charge is 2.32. The lowest BCUT2D eigenvalue weighted by Crippen LogP contribution is -2.39. The van der Waals surface area contributed by atoms with Crippen LogP contribution in [0.1, 0.15) is 25.8 Å². The maximum absolute atomic E-state index is 13.6.